The van der Waals surface area contributed by atoms with Crippen molar-refractivity contribution >= 4 is 39.1 Å². The average molecular weight is 431 g/mol. The molecule has 0 unspecified atom stereocenters. The summed E-state index contributed by atoms with van der Waals surface area (Å²) >= 11 is 1.41. The zero-order valence-corrected chi connectivity index (χ0v) is 17.0. The van der Waals surface area contributed by atoms with Crippen LogP contribution in [0.4, 0.5) is 15.8 Å². The van der Waals surface area contributed by atoms with Gasteiger partial charge in [-0.1, -0.05) is 30.3 Å². The third-order valence-corrected chi connectivity index (χ3v) is 6.29. The molecule has 0 atom stereocenters. The Morgan fingerprint density at radius 2 is 1.52 bits per heavy atom. The van der Waals surface area contributed by atoms with Crippen LogP contribution in [0.5, 0.6) is 0 Å². The van der Waals surface area contributed by atoms with Gasteiger partial charge in [0.15, 0.2) is 0 Å². The fourth-order valence-corrected chi connectivity index (χ4v) is 4.32. The molecule has 8 heteroatoms. The lowest BCUT2D eigenvalue weighted by atomic mass is 10.2. The predicted molar refractivity (Wildman–Crippen MR) is 115 cm³/mol. The summed E-state index contributed by atoms with van der Waals surface area (Å²) in [5.74, 6) is 0.333. The van der Waals surface area contributed by atoms with Crippen LogP contribution in [0, 0.1) is 5.82 Å². The maximum Gasteiger partial charge on any atom is 0.261 e. The standard InChI is InChI=1S/C21H19FN2O3S2/c22-17-8-6-16(7-9-17)14-28-15-21(25)23-18-10-12-20(13-11-18)29(26,27)24-19-4-2-1-3-5-19/h1-13,24H,14-15H2,(H,23,25). The first-order valence-electron chi connectivity index (χ1n) is 8.72. The van der Waals surface area contributed by atoms with Gasteiger partial charge < -0.3 is 5.32 Å². The molecule has 2 N–H and O–H groups in total. The summed E-state index contributed by atoms with van der Waals surface area (Å²) in [6.45, 7) is 0. The number of sulfonamides is 1. The second kappa shape index (κ2) is 9.58. The molecule has 0 bridgehead atoms. The molecule has 0 aliphatic rings. The lowest BCUT2D eigenvalue weighted by Gasteiger charge is -2.09. The number of benzene rings is 3. The Hall–Kier alpha value is -2.84. The molecule has 0 spiro atoms. The molecule has 1 amide bonds. The number of para-hydroxylation sites is 1. The Labute approximate surface area is 173 Å². The van der Waals surface area contributed by atoms with Crippen LogP contribution in [0.3, 0.4) is 0 Å². The van der Waals surface area contributed by atoms with Gasteiger partial charge in [0.1, 0.15) is 5.82 Å². The van der Waals surface area contributed by atoms with Gasteiger partial charge in [0.2, 0.25) is 5.91 Å². The number of hydrogen-bond donors (Lipinski definition) is 2. The molecule has 0 saturated heterocycles. The summed E-state index contributed by atoms with van der Waals surface area (Å²) in [5.41, 5.74) is 1.92. The fraction of sp³-hybridized carbons (Fsp3) is 0.0952. The molecule has 29 heavy (non-hydrogen) atoms. The van der Waals surface area contributed by atoms with E-state index in [9.17, 15) is 17.6 Å². The lowest BCUT2D eigenvalue weighted by Crippen LogP contribution is -2.15. The minimum atomic E-state index is -3.70. The quantitative estimate of drug-likeness (QED) is 0.552. The van der Waals surface area contributed by atoms with Gasteiger partial charge in [-0.05, 0) is 54.1 Å². The molecule has 0 fully saturated rings. The van der Waals surface area contributed by atoms with Gasteiger partial charge >= 0.3 is 0 Å². The van der Waals surface area contributed by atoms with E-state index in [2.05, 4.69) is 10.0 Å². The lowest BCUT2D eigenvalue weighted by molar-refractivity contribution is -0.113. The first-order chi connectivity index (χ1) is 13.9. The summed E-state index contributed by atoms with van der Waals surface area (Å²) in [7, 11) is -3.70. The highest BCUT2D eigenvalue weighted by Gasteiger charge is 2.14. The Kier molecular flexibility index (Phi) is 6.90. The Morgan fingerprint density at radius 3 is 2.17 bits per heavy atom. The van der Waals surface area contributed by atoms with E-state index in [1.807, 2.05) is 0 Å². The van der Waals surface area contributed by atoms with Crippen molar-refractivity contribution in [2.75, 3.05) is 15.8 Å². The molecule has 0 saturated carbocycles. The molecule has 0 aliphatic carbocycles. The zero-order chi connectivity index (χ0) is 20.7. The number of hydrogen-bond acceptors (Lipinski definition) is 4. The SMILES string of the molecule is O=C(CSCc1ccc(F)cc1)Nc1ccc(S(=O)(=O)Nc2ccccc2)cc1. The molecule has 3 rings (SSSR count). The third-order valence-electron chi connectivity index (χ3n) is 3.89. The van der Waals surface area contributed by atoms with Gasteiger partial charge in [0, 0.05) is 17.1 Å². The van der Waals surface area contributed by atoms with Gasteiger partial charge in [0.05, 0.1) is 10.6 Å². The van der Waals surface area contributed by atoms with Crippen LogP contribution in [-0.4, -0.2) is 20.1 Å². The summed E-state index contributed by atoms with van der Waals surface area (Å²) in [6.07, 6.45) is 0. The number of anilines is 2. The van der Waals surface area contributed by atoms with Gasteiger partial charge in [-0.15, -0.1) is 11.8 Å². The van der Waals surface area contributed by atoms with Gasteiger partial charge in [-0.2, -0.15) is 0 Å². The Balaban J connectivity index is 1.51. The van der Waals surface area contributed by atoms with Gasteiger partial charge in [-0.3, -0.25) is 9.52 Å². The van der Waals surface area contributed by atoms with Crippen LogP contribution >= 0.6 is 11.8 Å². The smallest absolute Gasteiger partial charge is 0.261 e. The zero-order valence-electron chi connectivity index (χ0n) is 15.3. The maximum atomic E-state index is 12.9. The third kappa shape index (κ3) is 6.33. The van der Waals surface area contributed by atoms with Crippen molar-refractivity contribution in [1.29, 1.82) is 0 Å². The van der Waals surface area contributed by atoms with E-state index in [0.29, 0.717) is 17.1 Å². The largest absolute Gasteiger partial charge is 0.325 e. The summed E-state index contributed by atoms with van der Waals surface area (Å²) < 4.78 is 40.2. The van der Waals surface area contributed by atoms with Gasteiger partial charge in [-0.25, -0.2) is 12.8 Å². The number of carbonyl (C=O) groups excluding carboxylic acids is 1. The minimum Gasteiger partial charge on any atom is -0.325 e. The highest BCUT2D eigenvalue weighted by molar-refractivity contribution is 7.99. The van der Waals surface area contributed by atoms with E-state index in [1.54, 1.807) is 54.6 Å². The number of thioether (sulfide) groups is 1. The molecule has 150 valence electrons. The second-order valence-electron chi connectivity index (χ2n) is 6.16. The monoisotopic (exact) mass is 430 g/mol. The van der Waals surface area contributed by atoms with Crippen molar-refractivity contribution in [2.45, 2.75) is 10.6 Å². The van der Waals surface area contributed by atoms with Gasteiger partial charge in [0.25, 0.3) is 10.0 Å². The summed E-state index contributed by atoms with van der Waals surface area (Å²) in [5, 5.41) is 2.73. The van der Waals surface area contributed by atoms with Crippen LogP contribution < -0.4 is 10.0 Å². The van der Waals surface area contributed by atoms with E-state index >= 15 is 0 Å². The number of rotatable bonds is 8. The molecule has 5 nitrogen and oxygen atoms in total. The van der Waals surface area contributed by atoms with Crippen molar-refractivity contribution < 1.29 is 17.6 Å². The number of carbonyl (C=O) groups is 1. The summed E-state index contributed by atoms with van der Waals surface area (Å²) in [6, 6.07) is 20.7. The van der Waals surface area contributed by atoms with E-state index in [-0.39, 0.29) is 22.4 Å². The average Bonchev–Trinajstić information content (AvgIpc) is 2.70. The van der Waals surface area contributed by atoms with E-state index in [0.717, 1.165) is 5.56 Å². The normalized spacial score (nSPS) is 11.1. The Bertz CT molecular complexity index is 1060. The number of nitrogens with one attached hydrogen (secondary N) is 2. The van der Waals surface area contributed by atoms with Crippen molar-refractivity contribution in [3.63, 3.8) is 0 Å². The number of halogens is 1. The molecule has 0 aromatic heterocycles. The van der Waals surface area contributed by atoms with Crippen LogP contribution in [0.15, 0.2) is 83.8 Å². The topological polar surface area (TPSA) is 75.3 Å². The van der Waals surface area contributed by atoms with Crippen LogP contribution in [0.1, 0.15) is 5.56 Å². The first-order valence-corrected chi connectivity index (χ1v) is 11.4. The van der Waals surface area contributed by atoms with E-state index < -0.39 is 10.0 Å². The second-order valence-corrected chi connectivity index (χ2v) is 8.83. The molecule has 0 radical (unpaired) electrons. The molecular formula is C21H19FN2O3S2. The Morgan fingerprint density at radius 1 is 0.862 bits per heavy atom. The van der Waals surface area contributed by atoms with E-state index in [1.165, 1.54) is 36.0 Å². The summed E-state index contributed by atoms with van der Waals surface area (Å²) in [4.78, 5) is 12.2. The highest BCUT2D eigenvalue weighted by Crippen LogP contribution is 2.19. The highest BCUT2D eigenvalue weighted by atomic mass is 32.2. The molecule has 0 heterocycles. The molecule has 3 aromatic carbocycles. The van der Waals surface area contributed by atoms with Crippen LogP contribution in [0.25, 0.3) is 0 Å². The van der Waals surface area contributed by atoms with Crippen molar-refractivity contribution in [3.05, 3.63) is 90.2 Å². The van der Waals surface area contributed by atoms with Crippen LogP contribution in [-0.2, 0) is 20.6 Å². The first kappa shape index (κ1) is 20.9. The van der Waals surface area contributed by atoms with Crippen molar-refractivity contribution in [2.24, 2.45) is 0 Å². The minimum absolute atomic E-state index is 0.102. The number of amides is 1. The predicted octanol–water partition coefficient (Wildman–Crippen LogP) is 4.50. The molecular weight excluding hydrogens is 411 g/mol. The van der Waals surface area contributed by atoms with Crippen LogP contribution in [0.2, 0.25) is 0 Å². The fourth-order valence-electron chi connectivity index (χ4n) is 2.48. The maximum absolute atomic E-state index is 12.9. The van der Waals surface area contributed by atoms with E-state index in [4.69, 9.17) is 0 Å². The molecule has 0 aliphatic heterocycles. The van der Waals surface area contributed by atoms with Crippen molar-refractivity contribution in [3.8, 4) is 0 Å². The molecule has 3 aromatic rings. The van der Waals surface area contributed by atoms with Crippen molar-refractivity contribution in [1.82, 2.24) is 0 Å².